The fourth-order valence-corrected chi connectivity index (χ4v) is 2.20. The molecule has 0 aliphatic carbocycles. The van der Waals surface area contributed by atoms with E-state index in [-0.39, 0.29) is 0 Å². The molecule has 0 atom stereocenters. The highest BCUT2D eigenvalue weighted by molar-refractivity contribution is 6.30. The SMILES string of the molecule is CCc1c(Cl)ncnc1N(C)c1cccc(C)c1. The molecule has 1 aromatic heterocycles. The quantitative estimate of drug-likeness (QED) is 0.788. The second-order valence-corrected chi connectivity index (χ2v) is 4.58. The number of benzene rings is 1. The number of nitrogens with zero attached hydrogens (tertiary/aromatic N) is 3. The van der Waals surface area contributed by atoms with Crippen molar-refractivity contribution in [1.82, 2.24) is 9.97 Å². The first-order chi connectivity index (χ1) is 8.63. The zero-order valence-corrected chi connectivity index (χ0v) is 11.6. The van der Waals surface area contributed by atoms with E-state index in [1.165, 1.54) is 11.9 Å². The number of hydrogen-bond donors (Lipinski definition) is 0. The molecule has 0 bridgehead atoms. The Morgan fingerprint density at radius 1 is 1.28 bits per heavy atom. The van der Waals surface area contributed by atoms with Gasteiger partial charge in [-0.25, -0.2) is 9.97 Å². The molecule has 0 aliphatic heterocycles. The highest BCUT2D eigenvalue weighted by atomic mass is 35.5. The van der Waals surface area contributed by atoms with Gasteiger partial charge in [0, 0.05) is 18.3 Å². The maximum Gasteiger partial charge on any atom is 0.140 e. The van der Waals surface area contributed by atoms with E-state index < -0.39 is 0 Å². The number of aromatic nitrogens is 2. The van der Waals surface area contributed by atoms with E-state index in [4.69, 9.17) is 11.6 Å². The lowest BCUT2D eigenvalue weighted by Crippen LogP contribution is -2.14. The van der Waals surface area contributed by atoms with Crippen LogP contribution >= 0.6 is 11.6 Å². The molecule has 3 nitrogen and oxygen atoms in total. The van der Waals surface area contributed by atoms with Crippen LogP contribution in [0.4, 0.5) is 11.5 Å². The van der Waals surface area contributed by atoms with Gasteiger partial charge in [-0.05, 0) is 31.0 Å². The van der Waals surface area contributed by atoms with E-state index in [0.717, 1.165) is 23.5 Å². The zero-order valence-electron chi connectivity index (χ0n) is 10.8. The number of halogens is 1. The normalized spacial score (nSPS) is 10.4. The zero-order chi connectivity index (χ0) is 13.1. The Morgan fingerprint density at radius 3 is 2.72 bits per heavy atom. The van der Waals surface area contributed by atoms with Crippen LogP contribution in [0.25, 0.3) is 0 Å². The predicted octanol–water partition coefficient (Wildman–Crippen LogP) is 3.77. The Balaban J connectivity index is 2.46. The number of anilines is 2. The van der Waals surface area contributed by atoms with Crippen molar-refractivity contribution in [2.24, 2.45) is 0 Å². The lowest BCUT2D eigenvalue weighted by atomic mass is 10.2. The van der Waals surface area contributed by atoms with Gasteiger partial charge in [-0.15, -0.1) is 0 Å². The van der Waals surface area contributed by atoms with E-state index in [2.05, 4.69) is 42.0 Å². The van der Waals surface area contributed by atoms with Gasteiger partial charge >= 0.3 is 0 Å². The molecule has 0 unspecified atom stereocenters. The molecule has 4 heteroatoms. The van der Waals surface area contributed by atoms with E-state index in [1.807, 2.05) is 18.0 Å². The van der Waals surface area contributed by atoms with Gasteiger partial charge in [0.2, 0.25) is 0 Å². The first-order valence-corrected chi connectivity index (χ1v) is 6.31. The van der Waals surface area contributed by atoms with E-state index >= 15 is 0 Å². The molecule has 2 rings (SSSR count). The summed E-state index contributed by atoms with van der Waals surface area (Å²) in [6.07, 6.45) is 2.31. The average Bonchev–Trinajstić information content (AvgIpc) is 2.37. The smallest absolute Gasteiger partial charge is 0.140 e. The fraction of sp³-hybridized carbons (Fsp3) is 0.286. The average molecular weight is 262 g/mol. The minimum absolute atomic E-state index is 0.530. The van der Waals surface area contributed by atoms with Crippen LogP contribution < -0.4 is 4.90 Å². The second-order valence-electron chi connectivity index (χ2n) is 4.22. The Bertz CT molecular complexity index is 554. The Kier molecular flexibility index (Phi) is 3.82. The van der Waals surface area contributed by atoms with E-state index in [9.17, 15) is 0 Å². The third kappa shape index (κ3) is 2.46. The lowest BCUT2D eigenvalue weighted by molar-refractivity contribution is 0.999. The van der Waals surface area contributed by atoms with Crippen molar-refractivity contribution >= 4 is 23.1 Å². The molecule has 0 saturated carbocycles. The maximum absolute atomic E-state index is 6.11. The van der Waals surface area contributed by atoms with Crippen LogP contribution in [-0.4, -0.2) is 17.0 Å². The summed E-state index contributed by atoms with van der Waals surface area (Å²) in [5.74, 6) is 0.864. The van der Waals surface area contributed by atoms with Crippen LogP contribution in [0.1, 0.15) is 18.1 Å². The highest BCUT2D eigenvalue weighted by Gasteiger charge is 2.13. The van der Waals surface area contributed by atoms with Crippen LogP contribution in [0.2, 0.25) is 5.15 Å². The summed E-state index contributed by atoms with van der Waals surface area (Å²) in [6, 6.07) is 8.29. The topological polar surface area (TPSA) is 29.0 Å². The van der Waals surface area contributed by atoms with Crippen LogP contribution in [0, 0.1) is 6.92 Å². The molecule has 18 heavy (non-hydrogen) atoms. The molecular formula is C14H16ClN3. The van der Waals surface area contributed by atoms with Gasteiger partial charge in [0.05, 0.1) is 0 Å². The summed E-state index contributed by atoms with van der Waals surface area (Å²) >= 11 is 6.11. The standard InChI is InChI=1S/C14H16ClN3/c1-4-12-13(15)16-9-17-14(12)18(3)11-7-5-6-10(2)8-11/h5-9H,4H2,1-3H3. The van der Waals surface area contributed by atoms with Gasteiger partial charge in [0.15, 0.2) is 0 Å². The summed E-state index contributed by atoms with van der Waals surface area (Å²) in [7, 11) is 1.99. The van der Waals surface area contributed by atoms with Gasteiger partial charge in [0.1, 0.15) is 17.3 Å². The highest BCUT2D eigenvalue weighted by Crippen LogP contribution is 2.28. The fourth-order valence-electron chi connectivity index (χ4n) is 1.93. The summed E-state index contributed by atoms with van der Waals surface area (Å²) in [5, 5.41) is 0.530. The molecule has 1 aromatic carbocycles. The van der Waals surface area contributed by atoms with Crippen LogP contribution in [0.15, 0.2) is 30.6 Å². The molecule has 0 radical (unpaired) electrons. The lowest BCUT2D eigenvalue weighted by Gasteiger charge is -2.21. The van der Waals surface area contributed by atoms with Crippen molar-refractivity contribution in [3.05, 3.63) is 46.9 Å². The second kappa shape index (κ2) is 5.36. The third-order valence-corrected chi connectivity index (χ3v) is 3.26. The van der Waals surface area contributed by atoms with Crippen molar-refractivity contribution in [2.45, 2.75) is 20.3 Å². The first kappa shape index (κ1) is 12.8. The third-order valence-electron chi connectivity index (χ3n) is 2.93. The summed E-state index contributed by atoms with van der Waals surface area (Å²) in [4.78, 5) is 10.4. The Hall–Kier alpha value is -1.61. The molecule has 0 spiro atoms. The van der Waals surface area contributed by atoms with Crippen molar-refractivity contribution in [3.63, 3.8) is 0 Å². The molecular weight excluding hydrogens is 246 g/mol. The van der Waals surface area contributed by atoms with Gasteiger partial charge < -0.3 is 4.90 Å². The van der Waals surface area contributed by atoms with Crippen LogP contribution in [-0.2, 0) is 6.42 Å². The maximum atomic E-state index is 6.11. The van der Waals surface area contributed by atoms with Crippen LogP contribution in [0.3, 0.4) is 0 Å². The molecule has 0 N–H and O–H groups in total. The number of aryl methyl sites for hydroxylation is 1. The number of rotatable bonds is 3. The summed E-state index contributed by atoms with van der Waals surface area (Å²) in [5.41, 5.74) is 3.29. The van der Waals surface area contributed by atoms with Crippen LogP contribution in [0.5, 0.6) is 0 Å². The van der Waals surface area contributed by atoms with E-state index in [0.29, 0.717) is 5.15 Å². The van der Waals surface area contributed by atoms with Crippen molar-refractivity contribution in [3.8, 4) is 0 Å². The Labute approximate surface area is 112 Å². The first-order valence-electron chi connectivity index (χ1n) is 5.93. The van der Waals surface area contributed by atoms with Crippen molar-refractivity contribution in [2.75, 3.05) is 11.9 Å². The van der Waals surface area contributed by atoms with Crippen molar-refractivity contribution in [1.29, 1.82) is 0 Å². The van der Waals surface area contributed by atoms with Gasteiger partial charge in [-0.1, -0.05) is 30.7 Å². The number of hydrogen-bond acceptors (Lipinski definition) is 3. The molecule has 0 aliphatic rings. The molecule has 0 amide bonds. The van der Waals surface area contributed by atoms with Crippen molar-refractivity contribution < 1.29 is 0 Å². The Morgan fingerprint density at radius 2 is 2.06 bits per heavy atom. The summed E-state index contributed by atoms with van der Waals surface area (Å²) in [6.45, 7) is 4.13. The summed E-state index contributed by atoms with van der Waals surface area (Å²) < 4.78 is 0. The van der Waals surface area contributed by atoms with Gasteiger partial charge in [-0.3, -0.25) is 0 Å². The molecule has 94 valence electrons. The largest absolute Gasteiger partial charge is 0.329 e. The minimum atomic E-state index is 0.530. The minimum Gasteiger partial charge on any atom is -0.329 e. The molecule has 2 aromatic rings. The van der Waals surface area contributed by atoms with E-state index in [1.54, 1.807) is 0 Å². The molecule has 1 heterocycles. The monoisotopic (exact) mass is 261 g/mol. The molecule has 0 saturated heterocycles. The van der Waals surface area contributed by atoms with Gasteiger partial charge in [-0.2, -0.15) is 0 Å². The molecule has 0 fully saturated rings. The predicted molar refractivity (Wildman–Crippen MR) is 75.7 cm³/mol. The van der Waals surface area contributed by atoms with Gasteiger partial charge in [0.25, 0.3) is 0 Å².